The lowest BCUT2D eigenvalue weighted by Gasteiger charge is -2.16. The van der Waals surface area contributed by atoms with Gasteiger partial charge in [-0.2, -0.15) is 5.26 Å². The molecular weight excluding hydrogens is 384 g/mol. The van der Waals surface area contributed by atoms with Crippen LogP contribution in [-0.4, -0.2) is 31.2 Å². The third kappa shape index (κ3) is 6.52. The molecule has 2 aromatic carbocycles. The molecule has 1 atom stereocenters. The van der Waals surface area contributed by atoms with Crippen molar-refractivity contribution >= 4 is 17.6 Å². The second-order valence-electron chi connectivity index (χ2n) is 7.03. The number of carbonyl (C=O) groups is 2. The van der Waals surface area contributed by atoms with Gasteiger partial charge in [-0.05, 0) is 62.2 Å². The second kappa shape index (κ2) is 10.9. The van der Waals surface area contributed by atoms with Crippen LogP contribution in [0.4, 0.5) is 5.69 Å². The fourth-order valence-electron chi connectivity index (χ4n) is 2.43. The standard InChI is InChI=1S/C23H26N2O5/c1-5-28-21-12-18(8-11-20(21)29-14-15(2)3)23(27)30-16(4)22(26)25-19-9-6-17(13-24)7-10-19/h6-12,15-16H,5,14H2,1-4H3,(H,25,26)/t16-/m0/s1. The number of nitrogens with zero attached hydrogens (tertiary/aromatic N) is 1. The minimum absolute atomic E-state index is 0.258. The summed E-state index contributed by atoms with van der Waals surface area (Å²) in [6.07, 6.45) is -1.01. The molecule has 0 saturated carbocycles. The molecule has 0 aromatic heterocycles. The summed E-state index contributed by atoms with van der Waals surface area (Å²) in [6, 6.07) is 13.2. The predicted molar refractivity (Wildman–Crippen MR) is 113 cm³/mol. The van der Waals surface area contributed by atoms with Crippen LogP contribution in [0.1, 0.15) is 43.6 Å². The minimum Gasteiger partial charge on any atom is -0.490 e. The highest BCUT2D eigenvalue weighted by atomic mass is 16.5. The Balaban J connectivity index is 2.03. The Morgan fingerprint density at radius 1 is 1.03 bits per heavy atom. The van der Waals surface area contributed by atoms with Crippen LogP contribution >= 0.6 is 0 Å². The highest BCUT2D eigenvalue weighted by molar-refractivity contribution is 5.97. The molecule has 0 radical (unpaired) electrons. The van der Waals surface area contributed by atoms with Crippen LogP contribution in [0, 0.1) is 17.2 Å². The molecule has 0 aliphatic heterocycles. The van der Waals surface area contributed by atoms with Crippen molar-refractivity contribution in [3.8, 4) is 17.6 Å². The third-order valence-corrected chi connectivity index (χ3v) is 3.99. The fourth-order valence-corrected chi connectivity index (χ4v) is 2.43. The molecule has 0 spiro atoms. The van der Waals surface area contributed by atoms with Gasteiger partial charge in [0.15, 0.2) is 17.6 Å². The van der Waals surface area contributed by atoms with Gasteiger partial charge < -0.3 is 19.5 Å². The van der Waals surface area contributed by atoms with Crippen molar-refractivity contribution < 1.29 is 23.8 Å². The topological polar surface area (TPSA) is 97.6 Å². The van der Waals surface area contributed by atoms with Crippen molar-refractivity contribution in [2.75, 3.05) is 18.5 Å². The highest BCUT2D eigenvalue weighted by Crippen LogP contribution is 2.29. The molecule has 7 nitrogen and oxygen atoms in total. The number of rotatable bonds is 9. The van der Waals surface area contributed by atoms with Gasteiger partial charge >= 0.3 is 5.97 Å². The number of hydrogen-bond acceptors (Lipinski definition) is 6. The quantitative estimate of drug-likeness (QED) is 0.623. The summed E-state index contributed by atoms with van der Waals surface area (Å²) in [5.74, 6) is 0.222. The van der Waals surface area contributed by atoms with E-state index in [9.17, 15) is 9.59 Å². The van der Waals surface area contributed by atoms with E-state index in [4.69, 9.17) is 19.5 Å². The lowest BCUT2D eigenvalue weighted by Crippen LogP contribution is -2.30. The molecule has 0 fully saturated rings. The van der Waals surface area contributed by atoms with E-state index >= 15 is 0 Å². The maximum atomic E-state index is 12.5. The summed E-state index contributed by atoms with van der Waals surface area (Å²) in [7, 11) is 0. The molecule has 2 aromatic rings. The van der Waals surface area contributed by atoms with E-state index in [2.05, 4.69) is 5.32 Å². The van der Waals surface area contributed by atoms with Crippen LogP contribution in [0.2, 0.25) is 0 Å². The molecule has 0 aliphatic carbocycles. The number of hydrogen-bond donors (Lipinski definition) is 1. The van der Waals surface area contributed by atoms with E-state index in [-0.39, 0.29) is 5.56 Å². The van der Waals surface area contributed by atoms with Crippen molar-refractivity contribution in [1.82, 2.24) is 0 Å². The number of nitriles is 1. The maximum absolute atomic E-state index is 12.5. The number of benzene rings is 2. The molecule has 30 heavy (non-hydrogen) atoms. The zero-order valence-corrected chi connectivity index (χ0v) is 17.6. The van der Waals surface area contributed by atoms with E-state index in [0.29, 0.717) is 41.9 Å². The summed E-state index contributed by atoms with van der Waals surface area (Å²) < 4.78 is 16.6. The number of nitrogens with one attached hydrogen (secondary N) is 1. The van der Waals surface area contributed by atoms with E-state index in [1.165, 1.54) is 6.92 Å². The molecule has 158 valence electrons. The van der Waals surface area contributed by atoms with Crippen LogP contribution < -0.4 is 14.8 Å². The van der Waals surface area contributed by atoms with Gasteiger partial charge in [0.05, 0.1) is 30.4 Å². The van der Waals surface area contributed by atoms with Crippen LogP contribution in [-0.2, 0) is 9.53 Å². The largest absolute Gasteiger partial charge is 0.490 e. The molecule has 1 amide bonds. The van der Waals surface area contributed by atoms with Gasteiger partial charge in [-0.25, -0.2) is 4.79 Å². The second-order valence-corrected chi connectivity index (χ2v) is 7.03. The van der Waals surface area contributed by atoms with Gasteiger partial charge in [0.2, 0.25) is 0 Å². The number of anilines is 1. The molecule has 0 saturated heterocycles. The Bertz CT molecular complexity index is 916. The number of amides is 1. The summed E-state index contributed by atoms with van der Waals surface area (Å²) in [5, 5.41) is 11.5. The first-order valence-electron chi connectivity index (χ1n) is 9.75. The fraction of sp³-hybridized carbons (Fsp3) is 0.348. The van der Waals surface area contributed by atoms with Crippen LogP contribution in [0.15, 0.2) is 42.5 Å². The number of esters is 1. The van der Waals surface area contributed by atoms with Gasteiger partial charge in [0.25, 0.3) is 5.91 Å². The SMILES string of the molecule is CCOc1cc(C(=O)O[C@@H](C)C(=O)Nc2ccc(C#N)cc2)ccc1OCC(C)C. The summed E-state index contributed by atoms with van der Waals surface area (Å²) in [4.78, 5) is 24.8. The zero-order valence-electron chi connectivity index (χ0n) is 17.6. The molecule has 2 rings (SSSR count). The highest BCUT2D eigenvalue weighted by Gasteiger charge is 2.20. The first-order valence-corrected chi connectivity index (χ1v) is 9.75. The Labute approximate surface area is 176 Å². The Kier molecular flexibility index (Phi) is 8.24. The molecule has 1 N–H and O–H groups in total. The van der Waals surface area contributed by atoms with E-state index in [0.717, 1.165) is 0 Å². The van der Waals surface area contributed by atoms with Gasteiger partial charge in [-0.3, -0.25) is 4.79 Å². The monoisotopic (exact) mass is 410 g/mol. The average Bonchev–Trinajstić information content (AvgIpc) is 2.73. The maximum Gasteiger partial charge on any atom is 0.339 e. The van der Waals surface area contributed by atoms with Crippen LogP contribution in [0.3, 0.4) is 0 Å². The van der Waals surface area contributed by atoms with Crippen LogP contribution in [0.25, 0.3) is 0 Å². The smallest absolute Gasteiger partial charge is 0.339 e. The molecule has 0 aliphatic rings. The first-order chi connectivity index (χ1) is 14.3. The third-order valence-electron chi connectivity index (χ3n) is 3.99. The zero-order chi connectivity index (χ0) is 22.1. The number of ether oxygens (including phenoxy) is 3. The molecule has 7 heteroatoms. The normalized spacial score (nSPS) is 11.3. The van der Waals surface area contributed by atoms with Crippen LogP contribution in [0.5, 0.6) is 11.5 Å². The Hall–Kier alpha value is -3.53. The average molecular weight is 410 g/mol. The van der Waals surface area contributed by atoms with Gasteiger partial charge in [0.1, 0.15) is 0 Å². The molecular formula is C23H26N2O5. The van der Waals surface area contributed by atoms with E-state index in [1.54, 1.807) is 42.5 Å². The molecule has 0 bridgehead atoms. The first kappa shape index (κ1) is 22.8. The lowest BCUT2D eigenvalue weighted by atomic mass is 10.2. The minimum atomic E-state index is -1.01. The van der Waals surface area contributed by atoms with Gasteiger partial charge in [-0.1, -0.05) is 13.8 Å². The van der Waals surface area contributed by atoms with Crippen molar-refractivity contribution in [3.05, 3.63) is 53.6 Å². The predicted octanol–water partition coefficient (Wildman–Crippen LogP) is 4.18. The van der Waals surface area contributed by atoms with E-state index < -0.39 is 18.0 Å². The number of carbonyl (C=O) groups excluding carboxylic acids is 2. The van der Waals surface area contributed by atoms with Crippen molar-refractivity contribution in [3.63, 3.8) is 0 Å². The lowest BCUT2D eigenvalue weighted by molar-refractivity contribution is -0.123. The van der Waals surface area contributed by atoms with Crippen molar-refractivity contribution in [1.29, 1.82) is 5.26 Å². The molecule has 0 unspecified atom stereocenters. The van der Waals surface area contributed by atoms with Gasteiger partial charge in [-0.15, -0.1) is 0 Å². The van der Waals surface area contributed by atoms with Crippen molar-refractivity contribution in [2.45, 2.75) is 33.8 Å². The summed E-state index contributed by atoms with van der Waals surface area (Å²) >= 11 is 0. The summed E-state index contributed by atoms with van der Waals surface area (Å²) in [6.45, 7) is 8.34. The molecule has 0 heterocycles. The Morgan fingerprint density at radius 2 is 1.73 bits per heavy atom. The Morgan fingerprint density at radius 3 is 2.33 bits per heavy atom. The summed E-state index contributed by atoms with van der Waals surface area (Å²) in [5.41, 5.74) is 1.25. The van der Waals surface area contributed by atoms with Crippen molar-refractivity contribution in [2.24, 2.45) is 5.92 Å². The van der Waals surface area contributed by atoms with E-state index in [1.807, 2.05) is 26.8 Å². The van der Waals surface area contributed by atoms with Gasteiger partial charge in [0, 0.05) is 5.69 Å².